The minimum absolute atomic E-state index is 0.156. The van der Waals surface area contributed by atoms with Crippen LogP contribution in [0.25, 0.3) is 0 Å². The molecule has 0 radical (unpaired) electrons. The monoisotopic (exact) mass is 289 g/mol. The molecular weight excluding hydrogens is 273 g/mol. The Balaban J connectivity index is 2.20. The lowest BCUT2D eigenvalue weighted by Crippen LogP contribution is -2.57. The largest absolute Gasteiger partial charge is 0.392 e. The smallest absolute Gasteiger partial charge is 0.147 e. The molecular formula is C12H17Cl2N3O. The van der Waals surface area contributed by atoms with E-state index in [1.54, 1.807) is 13.1 Å². The van der Waals surface area contributed by atoms with Gasteiger partial charge < -0.3 is 15.7 Å². The summed E-state index contributed by atoms with van der Waals surface area (Å²) in [4.78, 5) is 4.33. The zero-order chi connectivity index (χ0) is 13.5. The molecule has 0 spiro atoms. The van der Waals surface area contributed by atoms with Gasteiger partial charge in [-0.1, -0.05) is 37.0 Å². The van der Waals surface area contributed by atoms with Gasteiger partial charge in [-0.05, 0) is 12.5 Å². The highest BCUT2D eigenvalue weighted by atomic mass is 35.5. The van der Waals surface area contributed by atoms with E-state index in [9.17, 15) is 5.11 Å². The second kappa shape index (κ2) is 4.76. The molecule has 2 rings (SSSR count). The van der Waals surface area contributed by atoms with Crippen LogP contribution in [0.15, 0.2) is 6.07 Å². The first-order valence-corrected chi connectivity index (χ1v) is 6.60. The summed E-state index contributed by atoms with van der Waals surface area (Å²) in [7, 11) is 1.75. The van der Waals surface area contributed by atoms with E-state index >= 15 is 0 Å². The average molecular weight is 290 g/mol. The number of nitrogens with zero attached hydrogens (tertiary/aromatic N) is 1. The summed E-state index contributed by atoms with van der Waals surface area (Å²) >= 11 is 12.1. The number of aliphatic hydroxyl groups is 1. The molecule has 1 fully saturated rings. The van der Waals surface area contributed by atoms with E-state index in [0.29, 0.717) is 28.1 Å². The van der Waals surface area contributed by atoms with Crippen LogP contribution in [0.1, 0.15) is 20.3 Å². The Morgan fingerprint density at radius 1 is 1.33 bits per heavy atom. The quantitative estimate of drug-likeness (QED) is 0.801. The molecule has 1 aliphatic carbocycles. The van der Waals surface area contributed by atoms with Crippen molar-refractivity contribution in [1.82, 2.24) is 4.98 Å². The third-order valence-electron chi connectivity index (χ3n) is 3.69. The van der Waals surface area contributed by atoms with E-state index in [2.05, 4.69) is 15.6 Å². The Hall–Kier alpha value is -0.710. The molecule has 1 aromatic rings. The first kappa shape index (κ1) is 13.7. The molecule has 1 aromatic heterocycles. The summed E-state index contributed by atoms with van der Waals surface area (Å²) < 4.78 is 0. The van der Waals surface area contributed by atoms with Gasteiger partial charge in [0.1, 0.15) is 11.6 Å². The predicted molar refractivity (Wildman–Crippen MR) is 75.6 cm³/mol. The third kappa shape index (κ3) is 2.25. The van der Waals surface area contributed by atoms with Crippen molar-refractivity contribution in [3.63, 3.8) is 0 Å². The lowest BCUT2D eigenvalue weighted by molar-refractivity contribution is -0.0511. The SMILES string of the molecule is CNc1nc(NC2CC(O)C2(C)C)c(Cl)cc1Cl. The molecule has 100 valence electrons. The number of pyridine rings is 1. The van der Waals surface area contributed by atoms with Crippen molar-refractivity contribution in [3.05, 3.63) is 16.1 Å². The fourth-order valence-corrected chi connectivity index (χ4v) is 2.56. The summed E-state index contributed by atoms with van der Waals surface area (Å²) in [5.74, 6) is 1.18. The highest BCUT2D eigenvalue weighted by Crippen LogP contribution is 2.43. The van der Waals surface area contributed by atoms with Crippen molar-refractivity contribution in [2.45, 2.75) is 32.4 Å². The van der Waals surface area contributed by atoms with Gasteiger partial charge in [-0.15, -0.1) is 0 Å². The zero-order valence-corrected chi connectivity index (χ0v) is 12.1. The third-order valence-corrected chi connectivity index (χ3v) is 4.27. The second-order valence-corrected chi connectivity index (χ2v) is 5.98. The zero-order valence-electron chi connectivity index (χ0n) is 10.6. The van der Waals surface area contributed by atoms with Crippen molar-refractivity contribution in [2.75, 3.05) is 17.7 Å². The van der Waals surface area contributed by atoms with Gasteiger partial charge in [0.25, 0.3) is 0 Å². The Morgan fingerprint density at radius 2 is 1.94 bits per heavy atom. The Bertz CT molecular complexity index is 465. The van der Waals surface area contributed by atoms with Crippen LogP contribution < -0.4 is 10.6 Å². The van der Waals surface area contributed by atoms with Gasteiger partial charge in [-0.2, -0.15) is 0 Å². The van der Waals surface area contributed by atoms with Crippen molar-refractivity contribution in [3.8, 4) is 0 Å². The molecule has 0 bridgehead atoms. The van der Waals surface area contributed by atoms with Crippen LogP contribution in [0.3, 0.4) is 0 Å². The lowest BCUT2D eigenvalue weighted by Gasteiger charge is -2.49. The van der Waals surface area contributed by atoms with Crippen LogP contribution in [0, 0.1) is 5.41 Å². The van der Waals surface area contributed by atoms with Crippen molar-refractivity contribution < 1.29 is 5.11 Å². The molecule has 1 aliphatic rings. The van der Waals surface area contributed by atoms with Gasteiger partial charge in [0.05, 0.1) is 16.1 Å². The Kier molecular flexibility index (Phi) is 3.63. The van der Waals surface area contributed by atoms with E-state index in [1.807, 2.05) is 13.8 Å². The maximum absolute atomic E-state index is 9.71. The number of halogens is 2. The predicted octanol–water partition coefficient (Wildman–Crippen LogP) is 3.00. The van der Waals surface area contributed by atoms with E-state index in [0.717, 1.165) is 0 Å². The van der Waals surface area contributed by atoms with Crippen LogP contribution in [0.2, 0.25) is 10.0 Å². The van der Waals surface area contributed by atoms with Crippen LogP contribution in [0.4, 0.5) is 11.6 Å². The molecule has 0 aliphatic heterocycles. The number of aliphatic hydroxyl groups excluding tert-OH is 1. The Morgan fingerprint density at radius 3 is 2.44 bits per heavy atom. The highest BCUT2D eigenvalue weighted by molar-refractivity contribution is 6.37. The highest BCUT2D eigenvalue weighted by Gasteiger charge is 2.47. The average Bonchev–Trinajstić information content (AvgIpc) is 2.31. The maximum atomic E-state index is 9.71. The molecule has 0 aromatic carbocycles. The number of nitrogens with one attached hydrogen (secondary N) is 2. The van der Waals surface area contributed by atoms with Gasteiger partial charge in [-0.25, -0.2) is 4.98 Å². The Labute approximate surface area is 117 Å². The first-order valence-electron chi connectivity index (χ1n) is 5.84. The topological polar surface area (TPSA) is 57.2 Å². The minimum Gasteiger partial charge on any atom is -0.392 e. The van der Waals surface area contributed by atoms with Crippen LogP contribution >= 0.6 is 23.2 Å². The van der Waals surface area contributed by atoms with Crippen molar-refractivity contribution >= 4 is 34.8 Å². The molecule has 2 unspecified atom stereocenters. The van der Waals surface area contributed by atoms with Crippen LogP contribution in [-0.4, -0.2) is 29.3 Å². The van der Waals surface area contributed by atoms with Crippen LogP contribution in [-0.2, 0) is 0 Å². The maximum Gasteiger partial charge on any atom is 0.147 e. The van der Waals surface area contributed by atoms with E-state index in [-0.39, 0.29) is 17.6 Å². The molecule has 3 N–H and O–H groups in total. The summed E-state index contributed by atoms with van der Waals surface area (Å²) in [6.07, 6.45) is 0.410. The fourth-order valence-electron chi connectivity index (χ4n) is 2.06. The summed E-state index contributed by atoms with van der Waals surface area (Å²) in [5, 5.41) is 16.9. The minimum atomic E-state index is -0.287. The second-order valence-electron chi connectivity index (χ2n) is 5.17. The lowest BCUT2D eigenvalue weighted by atomic mass is 9.64. The van der Waals surface area contributed by atoms with Gasteiger partial charge >= 0.3 is 0 Å². The molecule has 1 heterocycles. The molecule has 18 heavy (non-hydrogen) atoms. The van der Waals surface area contributed by atoms with Crippen molar-refractivity contribution in [2.24, 2.45) is 5.41 Å². The molecule has 0 saturated heterocycles. The summed E-state index contributed by atoms with van der Waals surface area (Å²) in [5.41, 5.74) is -0.176. The van der Waals surface area contributed by atoms with Gasteiger partial charge in [0.2, 0.25) is 0 Å². The number of hydrogen-bond acceptors (Lipinski definition) is 4. The van der Waals surface area contributed by atoms with Gasteiger partial charge in [0, 0.05) is 18.5 Å². The molecule has 6 heteroatoms. The van der Waals surface area contributed by atoms with Crippen LogP contribution in [0.5, 0.6) is 0 Å². The molecule has 2 atom stereocenters. The van der Waals surface area contributed by atoms with E-state index < -0.39 is 0 Å². The van der Waals surface area contributed by atoms with Gasteiger partial charge in [0.15, 0.2) is 0 Å². The summed E-state index contributed by atoms with van der Waals surface area (Å²) in [6.45, 7) is 4.03. The van der Waals surface area contributed by atoms with Gasteiger partial charge in [-0.3, -0.25) is 0 Å². The molecule has 0 amide bonds. The first-order chi connectivity index (χ1) is 8.36. The number of hydrogen-bond donors (Lipinski definition) is 3. The normalized spacial score (nSPS) is 25.4. The van der Waals surface area contributed by atoms with E-state index in [4.69, 9.17) is 23.2 Å². The summed E-state index contributed by atoms with van der Waals surface area (Å²) in [6, 6.07) is 1.82. The number of aromatic nitrogens is 1. The number of rotatable bonds is 3. The fraction of sp³-hybridized carbons (Fsp3) is 0.583. The molecule has 1 saturated carbocycles. The van der Waals surface area contributed by atoms with E-state index in [1.165, 1.54) is 0 Å². The molecule has 4 nitrogen and oxygen atoms in total. The van der Waals surface area contributed by atoms with Crippen molar-refractivity contribution in [1.29, 1.82) is 0 Å². The standard InChI is InChI=1S/C12H17Cl2N3O/c1-12(2)8(5-9(12)18)16-11-7(14)4-6(13)10(15-3)17-11/h4,8-9,18H,5H2,1-3H3,(H2,15,16,17). The number of anilines is 2.